The van der Waals surface area contributed by atoms with Crippen LogP contribution in [0.5, 0.6) is 0 Å². The lowest BCUT2D eigenvalue weighted by atomic mass is 9.97. The summed E-state index contributed by atoms with van der Waals surface area (Å²) in [6.45, 7) is 6.06. The molecule has 2 aromatic rings. The molecule has 2 aliphatic rings. The van der Waals surface area contributed by atoms with E-state index in [1.807, 2.05) is 20.8 Å². The molecule has 0 amide bonds. The molecule has 0 spiro atoms. The number of hydrogen-bond donors (Lipinski definition) is 3. The molecule has 4 rings (SSSR count). The van der Waals surface area contributed by atoms with Crippen molar-refractivity contribution in [1.82, 2.24) is 19.5 Å². The highest BCUT2D eigenvalue weighted by Gasteiger charge is 2.28. The molecule has 31 heavy (non-hydrogen) atoms. The summed E-state index contributed by atoms with van der Waals surface area (Å²) < 4.78 is 29.5. The van der Waals surface area contributed by atoms with E-state index in [4.69, 9.17) is 0 Å². The lowest BCUT2D eigenvalue weighted by molar-refractivity contribution is 0.144. The molecule has 2 aromatic heterocycles. The molecule has 0 bridgehead atoms. The molecule has 8 nitrogen and oxygen atoms in total. The zero-order valence-corrected chi connectivity index (χ0v) is 17.5. The number of hydrogen-bond acceptors (Lipinski definition) is 6. The minimum Gasteiger partial charge on any atom is -0.494 e. The predicted molar refractivity (Wildman–Crippen MR) is 112 cm³/mol. The monoisotopic (exact) mass is 433 g/mol. The summed E-state index contributed by atoms with van der Waals surface area (Å²) in [5.41, 5.74) is 1.27. The van der Waals surface area contributed by atoms with Crippen LogP contribution in [0.1, 0.15) is 57.3 Å². The molecule has 0 saturated heterocycles. The summed E-state index contributed by atoms with van der Waals surface area (Å²) in [6, 6.07) is 2.29. The van der Waals surface area contributed by atoms with Gasteiger partial charge in [-0.25, -0.2) is 13.5 Å². The van der Waals surface area contributed by atoms with Gasteiger partial charge in [-0.3, -0.25) is 19.1 Å². The van der Waals surface area contributed by atoms with Gasteiger partial charge < -0.3 is 15.8 Å². The SMILES string of the molecule is CC(C)(C)Cn1c(=O)c(=C(O)NC2CC2)c(=O)n2c1=CC(c1cccnc1C(F)F)N2. The first-order chi connectivity index (χ1) is 14.6. The maximum absolute atomic E-state index is 13.5. The van der Waals surface area contributed by atoms with Crippen molar-refractivity contribution in [2.75, 3.05) is 5.43 Å². The first kappa shape index (κ1) is 21.1. The highest BCUT2D eigenvalue weighted by atomic mass is 19.3. The van der Waals surface area contributed by atoms with E-state index in [2.05, 4.69) is 15.7 Å². The van der Waals surface area contributed by atoms with E-state index in [1.54, 1.807) is 6.08 Å². The topological polar surface area (TPSA) is 101 Å². The van der Waals surface area contributed by atoms with Gasteiger partial charge in [0.05, 0.1) is 6.04 Å². The van der Waals surface area contributed by atoms with Crippen molar-refractivity contribution in [3.63, 3.8) is 0 Å². The molecule has 1 unspecified atom stereocenters. The highest BCUT2D eigenvalue weighted by molar-refractivity contribution is 5.45. The second-order valence-corrected chi connectivity index (χ2v) is 9.14. The van der Waals surface area contributed by atoms with Crippen molar-refractivity contribution in [3.8, 4) is 0 Å². The standard InChI is InChI=1S/C21H25F2N5O3/c1-21(2,3)10-27-14-9-13(12-5-4-8-24-16(12)17(22)23)26-28(14)20(31)15(19(27)30)18(29)25-11-6-7-11/h4-5,8-9,11,13,17,25-26,29H,6-7,10H2,1-3H3. The van der Waals surface area contributed by atoms with Crippen molar-refractivity contribution in [3.05, 3.63) is 61.0 Å². The van der Waals surface area contributed by atoms with E-state index in [0.29, 0.717) is 0 Å². The van der Waals surface area contributed by atoms with Crippen molar-refractivity contribution in [2.24, 2.45) is 5.41 Å². The minimum atomic E-state index is -2.79. The van der Waals surface area contributed by atoms with E-state index in [-0.39, 0.29) is 34.3 Å². The van der Waals surface area contributed by atoms with Gasteiger partial charge in [0.25, 0.3) is 17.5 Å². The molecule has 10 heteroatoms. The summed E-state index contributed by atoms with van der Waals surface area (Å²) in [5.74, 6) is -0.463. The molecular formula is C21H25F2N5O3. The van der Waals surface area contributed by atoms with Crippen LogP contribution < -0.4 is 32.6 Å². The van der Waals surface area contributed by atoms with Gasteiger partial charge in [0.2, 0.25) is 5.88 Å². The molecule has 166 valence electrons. The Bertz CT molecular complexity index is 1260. The smallest absolute Gasteiger partial charge is 0.289 e. The summed E-state index contributed by atoms with van der Waals surface area (Å²) in [4.78, 5) is 30.1. The summed E-state index contributed by atoms with van der Waals surface area (Å²) >= 11 is 0. The number of nitrogens with one attached hydrogen (secondary N) is 2. The molecule has 0 radical (unpaired) electrons. The quantitative estimate of drug-likeness (QED) is 0.646. The number of halogens is 2. The van der Waals surface area contributed by atoms with Gasteiger partial charge in [-0.1, -0.05) is 26.8 Å². The van der Waals surface area contributed by atoms with E-state index >= 15 is 0 Å². The number of aliphatic hydroxyl groups is 1. The Hall–Kier alpha value is -3.17. The van der Waals surface area contributed by atoms with E-state index < -0.39 is 35.2 Å². The predicted octanol–water partition coefficient (Wildman–Crippen LogP) is 0.843. The molecule has 0 aromatic carbocycles. The van der Waals surface area contributed by atoms with E-state index in [0.717, 1.165) is 17.5 Å². The fourth-order valence-corrected chi connectivity index (χ4v) is 3.64. The van der Waals surface area contributed by atoms with Gasteiger partial charge in [0.1, 0.15) is 11.2 Å². The van der Waals surface area contributed by atoms with Crippen LogP contribution in [0.4, 0.5) is 8.78 Å². The van der Waals surface area contributed by atoms with E-state index in [1.165, 1.54) is 22.9 Å². The maximum Gasteiger partial charge on any atom is 0.289 e. The largest absolute Gasteiger partial charge is 0.494 e. The van der Waals surface area contributed by atoms with Crippen LogP contribution >= 0.6 is 0 Å². The minimum absolute atomic E-state index is 0.0318. The first-order valence-electron chi connectivity index (χ1n) is 10.1. The van der Waals surface area contributed by atoms with Crippen molar-refractivity contribution in [2.45, 2.75) is 58.7 Å². The number of rotatable bonds is 5. The Morgan fingerprint density at radius 2 is 2.03 bits per heavy atom. The van der Waals surface area contributed by atoms with Crippen LogP contribution in [0.15, 0.2) is 27.9 Å². The fourth-order valence-electron chi connectivity index (χ4n) is 3.64. The molecule has 3 heterocycles. The van der Waals surface area contributed by atoms with Crippen LogP contribution in [0, 0.1) is 5.41 Å². The zero-order valence-electron chi connectivity index (χ0n) is 17.5. The van der Waals surface area contributed by atoms with Gasteiger partial charge in [-0.2, -0.15) is 0 Å². The Labute approximate surface area is 176 Å². The van der Waals surface area contributed by atoms with Crippen LogP contribution in [-0.2, 0) is 6.54 Å². The third-order valence-electron chi connectivity index (χ3n) is 5.17. The molecule has 1 saturated carbocycles. The Morgan fingerprint density at radius 3 is 2.65 bits per heavy atom. The van der Waals surface area contributed by atoms with Crippen LogP contribution in [0.3, 0.4) is 0 Å². The number of pyridine rings is 1. The van der Waals surface area contributed by atoms with Crippen LogP contribution in [0.2, 0.25) is 0 Å². The van der Waals surface area contributed by atoms with Gasteiger partial charge in [0, 0.05) is 24.3 Å². The third kappa shape index (κ3) is 4.06. The molecule has 1 fully saturated rings. The Morgan fingerprint density at radius 1 is 1.32 bits per heavy atom. The Balaban J connectivity index is 1.94. The molecule has 1 atom stereocenters. The number of alkyl halides is 2. The van der Waals surface area contributed by atoms with Crippen LogP contribution in [-0.4, -0.2) is 25.4 Å². The van der Waals surface area contributed by atoms with Gasteiger partial charge in [-0.05, 0) is 30.4 Å². The second-order valence-electron chi connectivity index (χ2n) is 9.14. The maximum atomic E-state index is 13.5. The van der Waals surface area contributed by atoms with Crippen molar-refractivity contribution < 1.29 is 13.9 Å². The molecule has 1 aliphatic carbocycles. The summed E-state index contributed by atoms with van der Waals surface area (Å²) in [6.07, 6.45) is 1.74. The second kappa shape index (κ2) is 7.51. The zero-order chi connectivity index (χ0) is 22.5. The number of aliphatic hydroxyl groups excluding tert-OH is 1. The normalized spacial score (nSPS) is 19.0. The van der Waals surface area contributed by atoms with Gasteiger partial charge in [-0.15, -0.1) is 0 Å². The fraction of sp³-hybridized carbons (Fsp3) is 0.476. The van der Waals surface area contributed by atoms with Crippen molar-refractivity contribution >= 4 is 12.0 Å². The third-order valence-corrected chi connectivity index (χ3v) is 5.17. The van der Waals surface area contributed by atoms with Crippen LogP contribution in [0.25, 0.3) is 12.0 Å². The van der Waals surface area contributed by atoms with E-state index in [9.17, 15) is 23.5 Å². The molecule has 3 N–H and O–H groups in total. The number of nitrogens with zero attached hydrogens (tertiary/aromatic N) is 3. The number of fused-ring (bicyclic) bond motifs is 1. The lowest BCUT2D eigenvalue weighted by Gasteiger charge is -2.21. The average Bonchev–Trinajstić information content (AvgIpc) is 3.38. The van der Waals surface area contributed by atoms with Gasteiger partial charge >= 0.3 is 0 Å². The van der Waals surface area contributed by atoms with Gasteiger partial charge in [0.15, 0.2) is 5.22 Å². The average molecular weight is 433 g/mol. The summed E-state index contributed by atoms with van der Waals surface area (Å²) in [7, 11) is 0. The number of aromatic nitrogens is 3. The highest BCUT2D eigenvalue weighted by Crippen LogP contribution is 2.27. The lowest BCUT2D eigenvalue weighted by Crippen LogP contribution is -2.60. The van der Waals surface area contributed by atoms with Crippen molar-refractivity contribution in [1.29, 1.82) is 0 Å². The molecule has 1 aliphatic heterocycles. The Kier molecular flexibility index (Phi) is 5.10. The molecular weight excluding hydrogens is 408 g/mol. The summed E-state index contributed by atoms with van der Waals surface area (Å²) in [5, 5.41) is 12.9. The first-order valence-corrected chi connectivity index (χ1v) is 10.1.